The minimum absolute atomic E-state index is 0.218. The second-order valence-corrected chi connectivity index (χ2v) is 7.61. The average Bonchev–Trinajstić information content (AvgIpc) is 3.04. The maximum Gasteiger partial charge on any atom is 0.210 e. The number of fused-ring (bicyclic) bond motifs is 4. The Hall–Kier alpha value is -3.49. The highest BCUT2D eigenvalue weighted by Gasteiger charge is 2.49. The van der Waals surface area contributed by atoms with Crippen LogP contribution in [-0.4, -0.2) is 35.5 Å². The third-order valence-corrected chi connectivity index (χ3v) is 5.70. The summed E-state index contributed by atoms with van der Waals surface area (Å²) in [6, 6.07) is 3.19. The third-order valence-electron chi connectivity index (χ3n) is 5.70. The van der Waals surface area contributed by atoms with Crippen molar-refractivity contribution in [3.8, 4) is 16.9 Å². The first-order valence-corrected chi connectivity index (χ1v) is 9.51. The van der Waals surface area contributed by atoms with Gasteiger partial charge >= 0.3 is 0 Å². The highest BCUT2D eigenvalue weighted by atomic mass is 19.1. The van der Waals surface area contributed by atoms with Crippen LogP contribution in [0.4, 0.5) is 10.3 Å². The highest BCUT2D eigenvalue weighted by molar-refractivity contribution is 5.78. The van der Waals surface area contributed by atoms with E-state index in [-0.39, 0.29) is 11.9 Å². The van der Waals surface area contributed by atoms with Crippen molar-refractivity contribution in [2.24, 2.45) is 7.05 Å². The van der Waals surface area contributed by atoms with Gasteiger partial charge in [0.25, 0.3) is 0 Å². The quantitative estimate of drug-likeness (QED) is 0.576. The fourth-order valence-corrected chi connectivity index (χ4v) is 4.25. The van der Waals surface area contributed by atoms with Gasteiger partial charge in [0.1, 0.15) is 24.0 Å². The lowest BCUT2D eigenvalue weighted by Crippen LogP contribution is -2.10. The SMILES string of the molecule is Cc1nn(C)cc1-c1cnc(NCc2c(F)ccc3c2[C@H]2CC2O3)n2cnnc12. The zero-order chi connectivity index (χ0) is 19.7. The maximum atomic E-state index is 14.6. The Balaban J connectivity index is 1.36. The molecule has 0 amide bonds. The molecule has 3 aromatic heterocycles. The van der Waals surface area contributed by atoms with Crippen LogP contribution in [0.2, 0.25) is 0 Å². The smallest absolute Gasteiger partial charge is 0.210 e. The monoisotopic (exact) mass is 391 g/mol. The lowest BCUT2D eigenvalue weighted by atomic mass is 10.0. The van der Waals surface area contributed by atoms with Gasteiger partial charge in [-0.1, -0.05) is 0 Å². The van der Waals surface area contributed by atoms with E-state index in [9.17, 15) is 4.39 Å². The summed E-state index contributed by atoms with van der Waals surface area (Å²) >= 11 is 0. The molecule has 6 rings (SSSR count). The van der Waals surface area contributed by atoms with E-state index < -0.39 is 0 Å². The summed E-state index contributed by atoms with van der Waals surface area (Å²) in [5.41, 5.74) is 4.99. The van der Waals surface area contributed by atoms with Crippen molar-refractivity contribution >= 4 is 11.6 Å². The number of benzene rings is 1. The summed E-state index contributed by atoms with van der Waals surface area (Å²) < 4.78 is 23.9. The van der Waals surface area contributed by atoms with E-state index >= 15 is 0 Å². The molecule has 29 heavy (non-hydrogen) atoms. The molecule has 4 aromatic rings. The first-order valence-electron chi connectivity index (χ1n) is 9.51. The molecule has 1 fully saturated rings. The highest BCUT2D eigenvalue weighted by Crippen LogP contribution is 2.55. The summed E-state index contributed by atoms with van der Waals surface area (Å²) in [5, 5.41) is 15.9. The first kappa shape index (κ1) is 16.5. The minimum Gasteiger partial charge on any atom is -0.489 e. The summed E-state index contributed by atoms with van der Waals surface area (Å²) in [6.07, 6.45) is 6.47. The Labute approximate surface area is 165 Å². The number of halogens is 1. The lowest BCUT2D eigenvalue weighted by molar-refractivity contribution is 0.318. The maximum absolute atomic E-state index is 14.6. The van der Waals surface area contributed by atoms with Gasteiger partial charge in [-0.15, -0.1) is 10.2 Å². The van der Waals surface area contributed by atoms with Crippen LogP contribution in [0.5, 0.6) is 5.75 Å². The Kier molecular flexibility index (Phi) is 3.27. The van der Waals surface area contributed by atoms with Crippen LogP contribution in [0.3, 0.4) is 0 Å². The fraction of sp³-hybridized carbons (Fsp3) is 0.300. The molecule has 1 saturated carbocycles. The van der Waals surface area contributed by atoms with Gasteiger partial charge in [-0.3, -0.25) is 9.08 Å². The van der Waals surface area contributed by atoms with Gasteiger partial charge < -0.3 is 10.1 Å². The molecule has 2 atom stereocenters. The molecule has 0 bridgehead atoms. The number of aryl methyl sites for hydroxylation is 2. The predicted octanol–water partition coefficient (Wildman–Crippen LogP) is 2.83. The number of hydrogen-bond acceptors (Lipinski definition) is 6. The van der Waals surface area contributed by atoms with Crippen molar-refractivity contribution in [3.63, 3.8) is 0 Å². The number of aromatic nitrogens is 6. The summed E-state index contributed by atoms with van der Waals surface area (Å²) in [5.74, 6) is 1.44. The van der Waals surface area contributed by atoms with Crippen LogP contribution < -0.4 is 10.1 Å². The average molecular weight is 391 g/mol. The summed E-state index contributed by atoms with van der Waals surface area (Å²) in [4.78, 5) is 4.55. The Morgan fingerprint density at radius 2 is 2.21 bits per heavy atom. The molecule has 0 saturated heterocycles. The van der Waals surface area contributed by atoms with Gasteiger partial charge in [0.05, 0.1) is 5.69 Å². The molecule has 1 aromatic carbocycles. The van der Waals surface area contributed by atoms with Gasteiger partial charge in [-0.25, -0.2) is 9.37 Å². The Morgan fingerprint density at radius 1 is 1.31 bits per heavy atom. The molecule has 1 aliphatic carbocycles. The number of nitrogens with zero attached hydrogens (tertiary/aromatic N) is 6. The molecule has 8 nitrogen and oxygen atoms in total. The molecule has 146 valence electrons. The molecule has 1 N–H and O–H groups in total. The van der Waals surface area contributed by atoms with Crippen LogP contribution in [0, 0.1) is 12.7 Å². The third kappa shape index (κ3) is 2.43. The molecule has 9 heteroatoms. The van der Waals surface area contributed by atoms with E-state index in [1.807, 2.05) is 20.2 Å². The van der Waals surface area contributed by atoms with Crippen LogP contribution in [0.25, 0.3) is 16.8 Å². The van der Waals surface area contributed by atoms with Crippen LogP contribution >= 0.6 is 0 Å². The van der Waals surface area contributed by atoms with Gasteiger partial charge in [0.15, 0.2) is 5.65 Å². The Morgan fingerprint density at radius 3 is 3.03 bits per heavy atom. The standard InChI is InChI=1S/C20H18FN7O/c1-10-14(8-27(2)26-10)12-6-22-20(28-9-24-25-19(12)28)23-7-13-15(21)3-4-16-18(13)11-5-17(11)29-16/h3-4,6,8-9,11,17H,5,7H2,1-2H3,(H,22,23)/t11-,17?/m0/s1. The van der Waals surface area contributed by atoms with E-state index in [2.05, 4.69) is 25.6 Å². The number of anilines is 1. The zero-order valence-electron chi connectivity index (χ0n) is 15.9. The van der Waals surface area contributed by atoms with Gasteiger partial charge in [-0.05, 0) is 25.5 Å². The molecule has 1 aliphatic heterocycles. The van der Waals surface area contributed by atoms with Crippen molar-refractivity contribution in [2.45, 2.75) is 31.9 Å². The first-order chi connectivity index (χ1) is 14.1. The van der Waals surface area contributed by atoms with Gasteiger partial charge in [-0.2, -0.15) is 5.10 Å². The molecule has 0 spiro atoms. The molecule has 1 unspecified atom stereocenters. The van der Waals surface area contributed by atoms with E-state index in [1.165, 1.54) is 6.07 Å². The van der Waals surface area contributed by atoms with E-state index in [4.69, 9.17) is 4.74 Å². The summed E-state index contributed by atoms with van der Waals surface area (Å²) in [7, 11) is 1.88. The molecular weight excluding hydrogens is 373 g/mol. The van der Waals surface area contributed by atoms with Gasteiger partial charge in [0, 0.05) is 54.2 Å². The fourth-order valence-electron chi connectivity index (χ4n) is 4.25. The number of rotatable bonds is 4. The van der Waals surface area contributed by atoms with Crippen LogP contribution in [-0.2, 0) is 13.6 Å². The van der Waals surface area contributed by atoms with E-state index in [0.717, 1.165) is 34.6 Å². The minimum atomic E-state index is -0.227. The van der Waals surface area contributed by atoms with Gasteiger partial charge in [0.2, 0.25) is 5.95 Å². The van der Waals surface area contributed by atoms with Crippen molar-refractivity contribution < 1.29 is 9.13 Å². The largest absolute Gasteiger partial charge is 0.489 e. The molecular formula is C20H18FN7O. The van der Waals surface area contributed by atoms with Crippen molar-refractivity contribution in [2.75, 3.05) is 5.32 Å². The van der Waals surface area contributed by atoms with Crippen LogP contribution in [0.1, 0.15) is 29.2 Å². The van der Waals surface area contributed by atoms with E-state index in [1.54, 1.807) is 27.7 Å². The molecule has 4 heterocycles. The molecule has 0 radical (unpaired) electrons. The van der Waals surface area contributed by atoms with Crippen molar-refractivity contribution in [3.05, 3.63) is 53.5 Å². The zero-order valence-corrected chi connectivity index (χ0v) is 15.9. The summed E-state index contributed by atoms with van der Waals surface area (Å²) in [6.45, 7) is 2.26. The normalized spacial score (nSPS) is 19.1. The number of hydrogen-bond donors (Lipinski definition) is 1. The van der Waals surface area contributed by atoms with Crippen molar-refractivity contribution in [1.29, 1.82) is 0 Å². The second kappa shape index (κ2) is 5.76. The van der Waals surface area contributed by atoms with E-state index in [0.29, 0.717) is 29.6 Å². The molecule has 2 aliphatic rings. The van der Waals surface area contributed by atoms with Crippen molar-refractivity contribution in [1.82, 2.24) is 29.4 Å². The lowest BCUT2D eigenvalue weighted by Gasteiger charge is -2.13. The van der Waals surface area contributed by atoms with Crippen LogP contribution in [0.15, 0.2) is 30.9 Å². The number of ether oxygens (including phenoxy) is 1. The topological polar surface area (TPSA) is 82.2 Å². The Bertz CT molecular complexity index is 1280. The second-order valence-electron chi connectivity index (χ2n) is 7.61. The predicted molar refractivity (Wildman–Crippen MR) is 103 cm³/mol. The number of nitrogens with one attached hydrogen (secondary N) is 1.